The van der Waals surface area contributed by atoms with Gasteiger partial charge in [0.25, 0.3) is 11.8 Å². The summed E-state index contributed by atoms with van der Waals surface area (Å²) in [4.78, 5) is 37.9. The molecule has 24 heavy (non-hydrogen) atoms. The van der Waals surface area contributed by atoms with Crippen molar-refractivity contribution in [2.24, 2.45) is 0 Å². The van der Waals surface area contributed by atoms with Crippen molar-refractivity contribution in [2.75, 3.05) is 11.9 Å². The normalized spacial score (nSPS) is 13.2. The van der Waals surface area contributed by atoms with E-state index >= 15 is 0 Å². The lowest BCUT2D eigenvalue weighted by molar-refractivity contribution is -0.116. The first-order chi connectivity index (χ1) is 11.5. The van der Waals surface area contributed by atoms with Crippen molar-refractivity contribution >= 4 is 39.3 Å². The van der Waals surface area contributed by atoms with Crippen LogP contribution in [0.3, 0.4) is 0 Å². The van der Waals surface area contributed by atoms with Gasteiger partial charge in [0.05, 0.1) is 11.1 Å². The highest BCUT2D eigenvalue weighted by Crippen LogP contribution is 2.26. The summed E-state index contributed by atoms with van der Waals surface area (Å²) in [6.45, 7) is 1.96. The minimum Gasteiger partial charge on any atom is -0.326 e. The minimum absolute atomic E-state index is 0.0565. The molecule has 2 aromatic carbocycles. The van der Waals surface area contributed by atoms with Gasteiger partial charge >= 0.3 is 0 Å². The summed E-state index contributed by atoms with van der Waals surface area (Å²) in [5, 5.41) is 2.80. The van der Waals surface area contributed by atoms with E-state index < -0.39 is 0 Å². The molecule has 1 aliphatic rings. The van der Waals surface area contributed by atoms with E-state index in [1.54, 1.807) is 18.2 Å². The molecule has 6 heteroatoms. The summed E-state index contributed by atoms with van der Waals surface area (Å²) in [7, 11) is 0. The molecule has 0 spiro atoms. The second kappa shape index (κ2) is 6.57. The predicted octanol–water partition coefficient (Wildman–Crippen LogP) is 3.38. The van der Waals surface area contributed by atoms with Crippen LogP contribution in [0.5, 0.6) is 0 Å². The van der Waals surface area contributed by atoms with Crippen molar-refractivity contribution in [3.05, 3.63) is 63.6 Å². The number of para-hydroxylation sites is 1. The van der Waals surface area contributed by atoms with E-state index in [0.29, 0.717) is 11.1 Å². The Hall–Kier alpha value is -2.47. The summed E-state index contributed by atoms with van der Waals surface area (Å²) in [6.07, 6.45) is 0.0565. The number of aryl methyl sites for hydroxylation is 1. The molecule has 1 aliphatic heterocycles. The van der Waals surface area contributed by atoms with Gasteiger partial charge in [0, 0.05) is 23.1 Å². The maximum absolute atomic E-state index is 12.3. The van der Waals surface area contributed by atoms with Crippen LogP contribution in [0.15, 0.2) is 46.9 Å². The van der Waals surface area contributed by atoms with Crippen molar-refractivity contribution in [1.82, 2.24) is 4.90 Å². The topological polar surface area (TPSA) is 66.5 Å². The number of rotatable bonds is 4. The van der Waals surface area contributed by atoms with Gasteiger partial charge in [-0.2, -0.15) is 0 Å². The van der Waals surface area contributed by atoms with Gasteiger partial charge in [-0.15, -0.1) is 0 Å². The van der Waals surface area contributed by atoms with Crippen LogP contribution in [0.25, 0.3) is 0 Å². The maximum Gasteiger partial charge on any atom is 0.261 e. The number of hydrogen-bond donors (Lipinski definition) is 1. The number of carbonyl (C=O) groups is 3. The van der Waals surface area contributed by atoms with Crippen molar-refractivity contribution in [2.45, 2.75) is 13.3 Å². The summed E-state index contributed by atoms with van der Waals surface area (Å²) >= 11 is 3.29. The van der Waals surface area contributed by atoms with Crippen LogP contribution in [0.1, 0.15) is 32.7 Å². The quantitative estimate of drug-likeness (QED) is 0.818. The largest absolute Gasteiger partial charge is 0.326 e. The van der Waals surface area contributed by atoms with Crippen LogP contribution in [-0.2, 0) is 4.79 Å². The summed E-state index contributed by atoms with van der Waals surface area (Å²) in [6, 6.07) is 12.4. The van der Waals surface area contributed by atoms with Crippen LogP contribution >= 0.6 is 15.9 Å². The Morgan fingerprint density at radius 1 is 1.08 bits per heavy atom. The lowest BCUT2D eigenvalue weighted by Crippen LogP contribution is -2.32. The number of amides is 3. The Bertz CT molecular complexity index is 848. The molecular formula is C18H15BrN2O3. The zero-order chi connectivity index (χ0) is 17.3. The number of hydrogen-bond acceptors (Lipinski definition) is 3. The van der Waals surface area contributed by atoms with Gasteiger partial charge in [0.15, 0.2) is 0 Å². The molecule has 2 aromatic rings. The SMILES string of the molecule is Cc1ccccc1NC(=O)CCN1C(=O)c2ccc(Br)cc2C1=O. The molecular weight excluding hydrogens is 372 g/mol. The van der Waals surface area contributed by atoms with Gasteiger partial charge in [-0.25, -0.2) is 0 Å². The Morgan fingerprint density at radius 3 is 2.54 bits per heavy atom. The first-order valence-electron chi connectivity index (χ1n) is 7.48. The van der Waals surface area contributed by atoms with Gasteiger partial charge in [0.1, 0.15) is 0 Å². The molecule has 122 valence electrons. The number of fused-ring (bicyclic) bond motifs is 1. The van der Waals surface area contributed by atoms with Crippen molar-refractivity contribution < 1.29 is 14.4 Å². The zero-order valence-corrected chi connectivity index (χ0v) is 14.6. The van der Waals surface area contributed by atoms with E-state index in [1.807, 2.05) is 31.2 Å². The van der Waals surface area contributed by atoms with Gasteiger partial charge < -0.3 is 5.32 Å². The average molecular weight is 387 g/mol. The summed E-state index contributed by atoms with van der Waals surface area (Å²) in [5.74, 6) is -0.951. The van der Waals surface area contributed by atoms with Crippen LogP contribution in [0.4, 0.5) is 5.69 Å². The highest BCUT2D eigenvalue weighted by molar-refractivity contribution is 9.10. The second-order valence-electron chi connectivity index (χ2n) is 5.56. The second-order valence-corrected chi connectivity index (χ2v) is 6.48. The molecule has 0 atom stereocenters. The van der Waals surface area contributed by atoms with E-state index in [4.69, 9.17) is 0 Å². The number of anilines is 1. The average Bonchev–Trinajstić information content (AvgIpc) is 2.78. The molecule has 0 fully saturated rings. The molecule has 0 saturated heterocycles. The number of nitrogens with zero attached hydrogens (tertiary/aromatic N) is 1. The number of imide groups is 1. The number of nitrogens with one attached hydrogen (secondary N) is 1. The lowest BCUT2D eigenvalue weighted by Gasteiger charge is -2.14. The van der Waals surface area contributed by atoms with E-state index in [9.17, 15) is 14.4 Å². The molecule has 5 nitrogen and oxygen atoms in total. The third kappa shape index (κ3) is 3.10. The molecule has 1 N–H and O–H groups in total. The van der Waals surface area contributed by atoms with E-state index in [0.717, 1.165) is 20.6 Å². The first-order valence-corrected chi connectivity index (χ1v) is 8.28. The number of benzene rings is 2. The fraction of sp³-hybridized carbons (Fsp3) is 0.167. The van der Waals surface area contributed by atoms with Gasteiger partial charge in [-0.1, -0.05) is 34.1 Å². The van der Waals surface area contributed by atoms with Gasteiger partial charge in [0.2, 0.25) is 5.91 Å². The Balaban J connectivity index is 1.65. The third-order valence-electron chi connectivity index (χ3n) is 3.91. The molecule has 3 rings (SSSR count). The van der Waals surface area contributed by atoms with Crippen molar-refractivity contribution in [3.8, 4) is 0 Å². The Kier molecular flexibility index (Phi) is 4.49. The van der Waals surface area contributed by atoms with Crippen LogP contribution in [0, 0.1) is 6.92 Å². The number of halogens is 1. The standard InChI is InChI=1S/C18H15BrN2O3/c1-11-4-2-3-5-15(11)20-16(22)8-9-21-17(23)13-7-6-12(19)10-14(13)18(21)24/h2-7,10H,8-9H2,1H3,(H,20,22). The van der Waals surface area contributed by atoms with Crippen molar-refractivity contribution in [1.29, 1.82) is 0 Å². The van der Waals surface area contributed by atoms with E-state index in [1.165, 1.54) is 0 Å². The third-order valence-corrected chi connectivity index (χ3v) is 4.41. The molecule has 0 radical (unpaired) electrons. The molecule has 1 heterocycles. The maximum atomic E-state index is 12.3. The number of carbonyl (C=O) groups excluding carboxylic acids is 3. The zero-order valence-electron chi connectivity index (χ0n) is 13.0. The van der Waals surface area contributed by atoms with Crippen molar-refractivity contribution in [3.63, 3.8) is 0 Å². The molecule has 0 saturated carbocycles. The molecule has 3 amide bonds. The lowest BCUT2D eigenvalue weighted by atomic mass is 10.1. The van der Waals surface area contributed by atoms with E-state index in [-0.39, 0.29) is 30.7 Å². The highest BCUT2D eigenvalue weighted by atomic mass is 79.9. The molecule has 0 bridgehead atoms. The van der Waals surface area contributed by atoms with Crippen LogP contribution < -0.4 is 5.32 Å². The van der Waals surface area contributed by atoms with Crippen LogP contribution in [-0.4, -0.2) is 29.2 Å². The molecule has 0 aliphatic carbocycles. The fourth-order valence-corrected chi connectivity index (χ4v) is 2.97. The summed E-state index contributed by atoms with van der Waals surface area (Å²) in [5.41, 5.74) is 2.43. The van der Waals surface area contributed by atoms with Crippen LogP contribution in [0.2, 0.25) is 0 Å². The molecule has 0 aromatic heterocycles. The predicted molar refractivity (Wildman–Crippen MR) is 93.9 cm³/mol. The summed E-state index contributed by atoms with van der Waals surface area (Å²) < 4.78 is 0.738. The monoisotopic (exact) mass is 386 g/mol. The van der Waals surface area contributed by atoms with E-state index in [2.05, 4.69) is 21.2 Å². The fourth-order valence-electron chi connectivity index (χ4n) is 2.61. The smallest absolute Gasteiger partial charge is 0.261 e. The minimum atomic E-state index is -0.361. The highest BCUT2D eigenvalue weighted by Gasteiger charge is 2.35. The molecule has 0 unspecified atom stereocenters. The van der Waals surface area contributed by atoms with Gasteiger partial charge in [-0.3, -0.25) is 19.3 Å². The Labute approximate surface area is 147 Å². The first kappa shape index (κ1) is 16.4. The van der Waals surface area contributed by atoms with Gasteiger partial charge in [-0.05, 0) is 36.8 Å². The Morgan fingerprint density at radius 2 is 1.79 bits per heavy atom.